The van der Waals surface area contributed by atoms with Crippen LogP contribution in [0, 0.1) is 0 Å². The molecule has 1 aliphatic heterocycles. The van der Waals surface area contributed by atoms with Crippen molar-refractivity contribution in [1.82, 2.24) is 0 Å². The summed E-state index contributed by atoms with van der Waals surface area (Å²) >= 11 is 12.2. The quantitative estimate of drug-likeness (QED) is 0.217. The van der Waals surface area contributed by atoms with Gasteiger partial charge in [0.15, 0.2) is 0 Å². The number of hydrogen-bond acceptors (Lipinski definition) is 4. The standard InChI is InChI=1S/C28H25Cl2NO4/c1-4-35-21-7-5-6-18(14-21)25-24(26(32)19-10-13-22(29)23(30)15-19)27(33)28(34)31(25)20-11-8-17(9-12-20)16(2)3/h5-16,25,32H,4H2,1-3H3/b26-24-. The van der Waals surface area contributed by atoms with Gasteiger partial charge in [-0.15, -0.1) is 0 Å². The molecule has 1 atom stereocenters. The minimum atomic E-state index is -0.866. The summed E-state index contributed by atoms with van der Waals surface area (Å²) in [5, 5.41) is 11.8. The minimum Gasteiger partial charge on any atom is -0.507 e. The second kappa shape index (κ2) is 10.1. The summed E-state index contributed by atoms with van der Waals surface area (Å²) in [5.74, 6) is -0.924. The molecule has 1 aliphatic rings. The number of carbonyl (C=O) groups excluding carboxylic acids is 2. The third kappa shape index (κ3) is 4.79. The van der Waals surface area contributed by atoms with Gasteiger partial charge >= 0.3 is 0 Å². The number of amides is 1. The fraction of sp³-hybridized carbons (Fsp3) is 0.214. The third-order valence-corrected chi connectivity index (χ3v) is 6.70. The molecule has 0 aromatic heterocycles. The Balaban J connectivity index is 1.92. The first-order chi connectivity index (χ1) is 16.7. The maximum Gasteiger partial charge on any atom is 0.300 e. The summed E-state index contributed by atoms with van der Waals surface area (Å²) < 4.78 is 5.65. The molecule has 7 heteroatoms. The number of ether oxygens (including phenoxy) is 1. The molecule has 1 N–H and O–H groups in total. The van der Waals surface area contributed by atoms with Crippen molar-refractivity contribution in [3.8, 4) is 5.75 Å². The van der Waals surface area contributed by atoms with Gasteiger partial charge in [-0.25, -0.2) is 0 Å². The number of benzene rings is 3. The fourth-order valence-corrected chi connectivity index (χ4v) is 4.47. The van der Waals surface area contributed by atoms with E-state index in [1.807, 2.05) is 31.2 Å². The van der Waals surface area contributed by atoms with Crippen molar-refractivity contribution in [3.63, 3.8) is 0 Å². The van der Waals surface area contributed by atoms with Gasteiger partial charge in [0.2, 0.25) is 0 Å². The first-order valence-corrected chi connectivity index (χ1v) is 12.1. The van der Waals surface area contributed by atoms with Crippen molar-refractivity contribution >= 4 is 46.3 Å². The molecule has 1 unspecified atom stereocenters. The summed E-state index contributed by atoms with van der Waals surface area (Å²) in [6.45, 7) is 6.50. The Labute approximate surface area is 214 Å². The number of aliphatic hydroxyl groups is 1. The molecular formula is C28H25Cl2NO4. The molecule has 35 heavy (non-hydrogen) atoms. The number of halogens is 2. The number of rotatable bonds is 6. The van der Waals surface area contributed by atoms with Gasteiger partial charge in [-0.1, -0.05) is 61.3 Å². The molecule has 1 amide bonds. The molecule has 180 valence electrons. The molecule has 0 spiro atoms. The average Bonchev–Trinajstić information content (AvgIpc) is 3.11. The SMILES string of the molecule is CCOc1cccc(C2/C(=C(/O)c3ccc(Cl)c(Cl)c3)C(=O)C(=O)N2c2ccc(C(C)C)cc2)c1. The Kier molecular flexibility index (Phi) is 7.20. The number of anilines is 1. The molecule has 4 rings (SSSR count). The van der Waals surface area contributed by atoms with Crippen LogP contribution in [0.15, 0.2) is 72.3 Å². The molecular weight excluding hydrogens is 485 g/mol. The van der Waals surface area contributed by atoms with Gasteiger partial charge in [-0.3, -0.25) is 14.5 Å². The summed E-state index contributed by atoms with van der Waals surface area (Å²) in [4.78, 5) is 28.1. The lowest BCUT2D eigenvalue weighted by Gasteiger charge is -2.26. The highest BCUT2D eigenvalue weighted by molar-refractivity contribution is 6.51. The van der Waals surface area contributed by atoms with E-state index < -0.39 is 17.7 Å². The van der Waals surface area contributed by atoms with Gasteiger partial charge in [0, 0.05) is 11.3 Å². The molecule has 1 saturated heterocycles. The van der Waals surface area contributed by atoms with Crippen LogP contribution in [0.4, 0.5) is 5.69 Å². The van der Waals surface area contributed by atoms with E-state index in [1.54, 1.807) is 30.3 Å². The largest absolute Gasteiger partial charge is 0.507 e. The van der Waals surface area contributed by atoms with Crippen molar-refractivity contribution in [1.29, 1.82) is 0 Å². The molecule has 1 fully saturated rings. The zero-order valence-electron chi connectivity index (χ0n) is 19.6. The van der Waals surface area contributed by atoms with E-state index in [4.69, 9.17) is 27.9 Å². The van der Waals surface area contributed by atoms with Gasteiger partial charge < -0.3 is 9.84 Å². The van der Waals surface area contributed by atoms with Crippen molar-refractivity contribution in [2.24, 2.45) is 0 Å². The number of ketones is 1. The van der Waals surface area contributed by atoms with Crippen LogP contribution in [0.25, 0.3) is 5.76 Å². The second-order valence-electron chi connectivity index (χ2n) is 8.55. The molecule has 3 aromatic rings. The van der Waals surface area contributed by atoms with Crippen LogP contribution in [0.3, 0.4) is 0 Å². The average molecular weight is 510 g/mol. The fourth-order valence-electron chi connectivity index (χ4n) is 4.17. The lowest BCUT2D eigenvalue weighted by Crippen LogP contribution is -2.29. The van der Waals surface area contributed by atoms with Crippen LogP contribution in [-0.4, -0.2) is 23.4 Å². The lowest BCUT2D eigenvalue weighted by atomic mass is 9.94. The van der Waals surface area contributed by atoms with E-state index >= 15 is 0 Å². The zero-order chi connectivity index (χ0) is 25.3. The molecule has 1 heterocycles. The van der Waals surface area contributed by atoms with E-state index in [0.717, 1.165) is 5.56 Å². The van der Waals surface area contributed by atoms with Crippen molar-refractivity contribution < 1.29 is 19.4 Å². The molecule has 0 radical (unpaired) electrons. The third-order valence-electron chi connectivity index (χ3n) is 5.96. The van der Waals surface area contributed by atoms with Crippen molar-refractivity contribution in [3.05, 3.63) is 99.0 Å². The van der Waals surface area contributed by atoms with Crippen LogP contribution >= 0.6 is 23.2 Å². The van der Waals surface area contributed by atoms with Crippen LogP contribution in [-0.2, 0) is 9.59 Å². The van der Waals surface area contributed by atoms with Crippen LogP contribution in [0.1, 0.15) is 49.4 Å². The Bertz CT molecular complexity index is 1310. The summed E-state index contributed by atoms with van der Waals surface area (Å²) in [5.41, 5.74) is 2.55. The predicted molar refractivity (Wildman–Crippen MR) is 139 cm³/mol. The monoisotopic (exact) mass is 509 g/mol. The number of nitrogens with zero attached hydrogens (tertiary/aromatic N) is 1. The number of Topliss-reactive ketones (excluding diaryl/α,β-unsaturated/α-hetero) is 1. The highest BCUT2D eigenvalue weighted by Crippen LogP contribution is 2.43. The van der Waals surface area contributed by atoms with Crippen LogP contribution < -0.4 is 9.64 Å². The highest BCUT2D eigenvalue weighted by Gasteiger charge is 2.47. The zero-order valence-corrected chi connectivity index (χ0v) is 21.1. The maximum absolute atomic E-state index is 13.3. The summed E-state index contributed by atoms with van der Waals surface area (Å²) in [6.07, 6.45) is 0. The van der Waals surface area contributed by atoms with Gasteiger partial charge in [-0.05, 0) is 66.4 Å². The van der Waals surface area contributed by atoms with E-state index in [2.05, 4.69) is 13.8 Å². The van der Waals surface area contributed by atoms with Crippen molar-refractivity contribution in [2.45, 2.75) is 32.7 Å². The number of carbonyl (C=O) groups is 2. The molecule has 0 saturated carbocycles. The first-order valence-electron chi connectivity index (χ1n) is 11.3. The molecule has 3 aromatic carbocycles. The van der Waals surface area contributed by atoms with Gasteiger partial charge in [0.1, 0.15) is 11.5 Å². The molecule has 0 aliphatic carbocycles. The van der Waals surface area contributed by atoms with E-state index in [1.165, 1.54) is 17.0 Å². The van der Waals surface area contributed by atoms with Crippen LogP contribution in [0.5, 0.6) is 5.75 Å². The summed E-state index contributed by atoms with van der Waals surface area (Å²) in [7, 11) is 0. The van der Waals surface area contributed by atoms with Crippen molar-refractivity contribution in [2.75, 3.05) is 11.5 Å². The maximum atomic E-state index is 13.3. The predicted octanol–water partition coefficient (Wildman–Crippen LogP) is 7.14. The van der Waals surface area contributed by atoms with Gasteiger partial charge in [-0.2, -0.15) is 0 Å². The molecule has 0 bridgehead atoms. The first kappa shape index (κ1) is 24.8. The second-order valence-corrected chi connectivity index (χ2v) is 9.36. The Morgan fingerprint density at radius 1 is 1.00 bits per heavy atom. The smallest absolute Gasteiger partial charge is 0.300 e. The minimum absolute atomic E-state index is 0.0324. The van der Waals surface area contributed by atoms with Gasteiger partial charge in [0.25, 0.3) is 11.7 Å². The van der Waals surface area contributed by atoms with Gasteiger partial charge in [0.05, 0.1) is 28.3 Å². The Hall–Kier alpha value is -3.28. The number of hydrogen-bond donors (Lipinski definition) is 1. The van der Waals surface area contributed by atoms with E-state index in [-0.39, 0.29) is 16.4 Å². The van der Waals surface area contributed by atoms with E-state index in [9.17, 15) is 14.7 Å². The highest BCUT2D eigenvalue weighted by atomic mass is 35.5. The topological polar surface area (TPSA) is 66.8 Å². The summed E-state index contributed by atoms with van der Waals surface area (Å²) in [6, 6.07) is 18.4. The number of aliphatic hydroxyl groups excluding tert-OH is 1. The lowest BCUT2D eigenvalue weighted by molar-refractivity contribution is -0.132. The van der Waals surface area contributed by atoms with Crippen LogP contribution in [0.2, 0.25) is 10.0 Å². The normalized spacial score (nSPS) is 17.3. The molecule has 5 nitrogen and oxygen atoms in total. The Morgan fingerprint density at radius 3 is 2.34 bits per heavy atom. The Morgan fingerprint density at radius 2 is 1.71 bits per heavy atom. The van der Waals surface area contributed by atoms with E-state index in [0.29, 0.717) is 40.1 Å².